The number of hydrogen-bond donors (Lipinski definition) is 1. The Hall–Kier alpha value is -4.01. The van der Waals surface area contributed by atoms with Gasteiger partial charge in [-0.3, -0.25) is 14.5 Å². The third-order valence-electron chi connectivity index (χ3n) is 5.96. The van der Waals surface area contributed by atoms with Crippen LogP contribution < -0.4 is 4.90 Å². The summed E-state index contributed by atoms with van der Waals surface area (Å²) in [6, 6.07) is 17.6. The molecular formula is C27H19ClN2O5S. The Bertz CT molecular complexity index is 1560. The number of ketones is 1. The van der Waals surface area contributed by atoms with E-state index in [9.17, 15) is 19.5 Å². The highest BCUT2D eigenvalue weighted by molar-refractivity contribution is 7.22. The predicted octanol–water partition coefficient (Wildman–Crippen LogP) is 5.67. The zero-order valence-corrected chi connectivity index (χ0v) is 20.8. The minimum Gasteiger partial charge on any atom is -0.507 e. The summed E-state index contributed by atoms with van der Waals surface area (Å²) >= 11 is 7.34. The van der Waals surface area contributed by atoms with Crippen molar-refractivity contribution in [2.24, 2.45) is 0 Å². The lowest BCUT2D eigenvalue weighted by atomic mass is 9.94. The monoisotopic (exact) mass is 518 g/mol. The van der Waals surface area contributed by atoms with Gasteiger partial charge in [-0.05, 0) is 42.8 Å². The number of esters is 1. The number of amides is 1. The fourth-order valence-corrected chi connectivity index (χ4v) is 5.39. The molecular weight excluding hydrogens is 500 g/mol. The van der Waals surface area contributed by atoms with Gasteiger partial charge in [0.1, 0.15) is 5.76 Å². The van der Waals surface area contributed by atoms with Gasteiger partial charge in [0, 0.05) is 10.6 Å². The van der Waals surface area contributed by atoms with Gasteiger partial charge in [-0.15, -0.1) is 0 Å². The van der Waals surface area contributed by atoms with Crippen molar-refractivity contribution in [1.29, 1.82) is 0 Å². The van der Waals surface area contributed by atoms with Gasteiger partial charge in [0.25, 0.3) is 5.78 Å². The Labute approximate surface area is 215 Å². The first-order valence-electron chi connectivity index (χ1n) is 10.9. The van der Waals surface area contributed by atoms with Crippen molar-refractivity contribution in [3.05, 3.63) is 99.6 Å². The molecule has 1 aliphatic rings. The Morgan fingerprint density at radius 3 is 2.36 bits per heavy atom. The van der Waals surface area contributed by atoms with Gasteiger partial charge in [-0.25, -0.2) is 9.78 Å². The number of fused-ring (bicyclic) bond motifs is 1. The smallest absolute Gasteiger partial charge is 0.337 e. The number of aliphatic hydroxyl groups excluding tert-OH is 1. The lowest BCUT2D eigenvalue weighted by Gasteiger charge is -2.23. The highest BCUT2D eigenvalue weighted by Gasteiger charge is 2.48. The molecule has 0 spiro atoms. The molecule has 1 unspecified atom stereocenters. The second-order valence-corrected chi connectivity index (χ2v) is 9.70. The fourth-order valence-electron chi connectivity index (χ4n) is 4.12. The molecule has 1 amide bonds. The van der Waals surface area contributed by atoms with Crippen LogP contribution in [0.3, 0.4) is 0 Å². The molecule has 1 aromatic heterocycles. The molecule has 1 atom stereocenters. The minimum absolute atomic E-state index is 0.0630. The van der Waals surface area contributed by atoms with E-state index in [0.717, 1.165) is 10.3 Å². The number of ether oxygens (including phenoxy) is 1. The maximum atomic E-state index is 13.4. The molecule has 36 heavy (non-hydrogen) atoms. The number of thiazole rings is 1. The highest BCUT2D eigenvalue weighted by Crippen LogP contribution is 2.44. The van der Waals surface area contributed by atoms with Crippen LogP contribution in [-0.4, -0.2) is 34.9 Å². The first-order chi connectivity index (χ1) is 17.3. The molecule has 0 saturated carbocycles. The van der Waals surface area contributed by atoms with Crippen molar-refractivity contribution in [3.8, 4) is 0 Å². The Morgan fingerprint density at radius 1 is 1.03 bits per heavy atom. The molecule has 1 N–H and O–H groups in total. The molecule has 1 aliphatic heterocycles. The van der Waals surface area contributed by atoms with Crippen LogP contribution in [0.5, 0.6) is 0 Å². The first kappa shape index (κ1) is 23.7. The molecule has 2 heterocycles. The van der Waals surface area contributed by atoms with Crippen molar-refractivity contribution < 1.29 is 24.2 Å². The lowest BCUT2D eigenvalue weighted by Crippen LogP contribution is -2.29. The summed E-state index contributed by atoms with van der Waals surface area (Å²) in [5.74, 6) is -2.44. The molecule has 9 heteroatoms. The number of carbonyl (C=O) groups is 3. The van der Waals surface area contributed by atoms with E-state index in [2.05, 4.69) is 4.98 Å². The maximum absolute atomic E-state index is 13.4. The summed E-state index contributed by atoms with van der Waals surface area (Å²) in [4.78, 5) is 44.5. The molecule has 7 nitrogen and oxygen atoms in total. The van der Waals surface area contributed by atoms with Crippen molar-refractivity contribution >= 4 is 61.7 Å². The van der Waals surface area contributed by atoms with Crippen LogP contribution in [0.15, 0.2) is 72.3 Å². The van der Waals surface area contributed by atoms with Crippen LogP contribution in [0.4, 0.5) is 5.13 Å². The summed E-state index contributed by atoms with van der Waals surface area (Å²) in [6.45, 7) is 1.91. The standard InChI is InChI=1S/C27H19ClN2O5S/c1-14-3-5-16(6-4-14)23(31)21-22(15-7-9-17(10-8-15)26(34)35-2)30(25(33)24(21)32)27-29-19-12-11-18(28)13-20(19)36-27/h3-13,22,31H,1-2H3/b23-21+. The van der Waals surface area contributed by atoms with Crippen molar-refractivity contribution in [1.82, 2.24) is 4.98 Å². The molecule has 1 fully saturated rings. The molecule has 3 aromatic carbocycles. The number of aryl methyl sites for hydroxylation is 1. The van der Waals surface area contributed by atoms with Crippen LogP contribution in [0.1, 0.15) is 33.1 Å². The number of anilines is 1. The van der Waals surface area contributed by atoms with Gasteiger partial charge in [0.15, 0.2) is 5.13 Å². The van der Waals surface area contributed by atoms with Crippen molar-refractivity contribution in [2.45, 2.75) is 13.0 Å². The summed E-state index contributed by atoms with van der Waals surface area (Å²) in [5, 5.41) is 12.0. The SMILES string of the molecule is COC(=O)c1ccc(C2/C(=C(\O)c3ccc(C)cc3)C(=O)C(=O)N2c2nc3ccc(Cl)cc3s2)cc1. The quantitative estimate of drug-likeness (QED) is 0.162. The van der Waals surface area contributed by atoms with Gasteiger partial charge in [-0.1, -0.05) is 64.9 Å². The van der Waals surface area contributed by atoms with E-state index in [1.54, 1.807) is 54.6 Å². The molecule has 5 rings (SSSR count). The second-order valence-electron chi connectivity index (χ2n) is 8.26. The average molecular weight is 519 g/mol. The largest absolute Gasteiger partial charge is 0.507 e. The number of aliphatic hydroxyl groups is 1. The third kappa shape index (κ3) is 4.04. The number of aromatic nitrogens is 1. The summed E-state index contributed by atoms with van der Waals surface area (Å²) < 4.78 is 5.52. The number of benzene rings is 3. The Morgan fingerprint density at radius 2 is 1.69 bits per heavy atom. The minimum atomic E-state index is -0.964. The van der Waals surface area contributed by atoms with E-state index in [1.165, 1.54) is 23.3 Å². The lowest BCUT2D eigenvalue weighted by molar-refractivity contribution is -0.132. The van der Waals surface area contributed by atoms with E-state index in [1.807, 2.05) is 19.1 Å². The number of Topliss-reactive ketones (excluding diaryl/α,β-unsaturated/α-hetero) is 1. The Balaban J connectivity index is 1.70. The predicted molar refractivity (Wildman–Crippen MR) is 138 cm³/mol. The molecule has 0 radical (unpaired) electrons. The number of methoxy groups -OCH3 is 1. The maximum Gasteiger partial charge on any atom is 0.337 e. The zero-order valence-electron chi connectivity index (χ0n) is 19.2. The van der Waals surface area contributed by atoms with E-state index >= 15 is 0 Å². The van der Waals surface area contributed by atoms with Crippen LogP contribution in [0.2, 0.25) is 5.02 Å². The van der Waals surface area contributed by atoms with Crippen LogP contribution in [0.25, 0.3) is 16.0 Å². The number of rotatable bonds is 4. The molecule has 4 aromatic rings. The van der Waals surface area contributed by atoms with Crippen molar-refractivity contribution in [2.75, 3.05) is 12.0 Å². The van der Waals surface area contributed by atoms with Gasteiger partial charge >= 0.3 is 11.9 Å². The summed E-state index contributed by atoms with van der Waals surface area (Å²) in [7, 11) is 1.28. The zero-order chi connectivity index (χ0) is 25.6. The van der Waals surface area contributed by atoms with E-state index < -0.39 is 23.7 Å². The summed E-state index contributed by atoms with van der Waals surface area (Å²) in [5.41, 5.74) is 2.78. The first-order valence-corrected chi connectivity index (χ1v) is 12.1. The molecule has 180 valence electrons. The van der Waals surface area contributed by atoms with Crippen molar-refractivity contribution in [3.63, 3.8) is 0 Å². The van der Waals surface area contributed by atoms with E-state index in [-0.39, 0.29) is 11.3 Å². The van der Waals surface area contributed by atoms with Gasteiger partial charge in [0.05, 0.1) is 34.5 Å². The van der Waals surface area contributed by atoms with Gasteiger partial charge in [-0.2, -0.15) is 0 Å². The van der Waals surface area contributed by atoms with E-state index in [0.29, 0.717) is 32.4 Å². The number of nitrogens with zero attached hydrogens (tertiary/aromatic N) is 2. The van der Waals surface area contributed by atoms with Crippen LogP contribution >= 0.6 is 22.9 Å². The second kappa shape index (κ2) is 9.22. The number of halogens is 1. The molecule has 0 aliphatic carbocycles. The average Bonchev–Trinajstić information content (AvgIpc) is 3.41. The fraction of sp³-hybridized carbons (Fsp3) is 0.111. The molecule has 0 bridgehead atoms. The highest BCUT2D eigenvalue weighted by atomic mass is 35.5. The number of hydrogen-bond acceptors (Lipinski definition) is 7. The molecule has 1 saturated heterocycles. The van der Waals surface area contributed by atoms with Crippen LogP contribution in [-0.2, 0) is 14.3 Å². The van der Waals surface area contributed by atoms with Crippen LogP contribution in [0, 0.1) is 6.92 Å². The third-order valence-corrected chi connectivity index (χ3v) is 7.21. The van der Waals surface area contributed by atoms with Gasteiger partial charge < -0.3 is 9.84 Å². The Kier molecular flexibility index (Phi) is 6.07. The topological polar surface area (TPSA) is 96.8 Å². The summed E-state index contributed by atoms with van der Waals surface area (Å²) in [6.07, 6.45) is 0. The normalized spacial score (nSPS) is 17.1. The van der Waals surface area contributed by atoms with E-state index in [4.69, 9.17) is 16.3 Å². The van der Waals surface area contributed by atoms with Gasteiger partial charge in [0.2, 0.25) is 0 Å². The number of carbonyl (C=O) groups excluding carboxylic acids is 3.